The Bertz CT molecular complexity index is 585. The van der Waals surface area contributed by atoms with Gasteiger partial charge < -0.3 is 19.8 Å². The van der Waals surface area contributed by atoms with Crippen molar-refractivity contribution < 1.29 is 136 Å². The normalized spacial score (nSPS) is 12.9. The molecule has 1 atom stereocenters. The summed E-state index contributed by atoms with van der Waals surface area (Å²) in [7, 11) is -5.12. The molecule has 1 N–H and O–H groups in total. The third kappa shape index (κ3) is 18.4. The van der Waals surface area contributed by atoms with E-state index in [1.807, 2.05) is 0 Å². The molecule has 0 aliphatic heterocycles. The molecule has 7 nitrogen and oxygen atoms in total. The minimum atomic E-state index is -5.12. The largest absolute Gasteiger partial charge is 1.00 e. The summed E-state index contributed by atoms with van der Waals surface area (Å²) in [5.74, 6) is -3.96. The van der Waals surface area contributed by atoms with Crippen LogP contribution in [0.4, 0.5) is 0 Å². The fourth-order valence-electron chi connectivity index (χ4n) is 3.78. The smallest absolute Gasteiger partial charge is 0.550 e. The molecule has 0 heterocycles. The Morgan fingerprint density at radius 3 is 1.25 bits per heavy atom. The van der Waals surface area contributed by atoms with Gasteiger partial charge in [0.05, 0.1) is 5.97 Å². The van der Waals surface area contributed by atoms with Crippen LogP contribution >= 0.6 is 0 Å². The van der Waals surface area contributed by atoms with Crippen LogP contribution in [0.25, 0.3) is 0 Å². The van der Waals surface area contributed by atoms with E-state index in [-0.39, 0.29) is 109 Å². The monoisotopic (exact) mass is 526 g/mol. The van der Waals surface area contributed by atoms with Crippen molar-refractivity contribution in [2.75, 3.05) is 0 Å². The van der Waals surface area contributed by atoms with E-state index in [2.05, 4.69) is 6.92 Å². The first-order chi connectivity index (χ1) is 14.2. The molecule has 0 fully saturated rings. The number of carbonyl (C=O) groups is 2. The Kier molecular flexibility index (Phi) is 28.4. The molecule has 0 aromatic rings. The zero-order chi connectivity index (χ0) is 22.9. The van der Waals surface area contributed by atoms with Gasteiger partial charge in [-0.15, -0.1) is 0 Å². The second kappa shape index (κ2) is 23.5. The molecule has 0 radical (unpaired) electrons. The van der Waals surface area contributed by atoms with Gasteiger partial charge in [0.1, 0.15) is 4.75 Å². The molecule has 1 unspecified atom stereocenters. The summed E-state index contributed by atoms with van der Waals surface area (Å²) in [6, 6.07) is 0. The third-order valence-corrected chi connectivity index (χ3v) is 7.23. The first-order valence-corrected chi connectivity index (χ1v) is 13.0. The molecule has 0 bridgehead atoms. The summed E-state index contributed by atoms with van der Waals surface area (Å²) in [6.45, 7) is 2.23. The average molecular weight is 527 g/mol. The van der Waals surface area contributed by atoms with Crippen LogP contribution < -0.4 is 113 Å². The number of carbonyl (C=O) groups excluding carboxylic acids is 2. The van der Waals surface area contributed by atoms with E-state index in [1.54, 1.807) is 0 Å². The minimum Gasteiger partial charge on any atom is -0.550 e. The van der Waals surface area contributed by atoms with Gasteiger partial charge in [0.2, 0.25) is 0 Å². The Balaban J connectivity index is -0.00000420. The van der Waals surface area contributed by atoms with Gasteiger partial charge in [-0.3, -0.25) is 4.55 Å². The second-order valence-electron chi connectivity index (χ2n) is 8.36. The molecular formula is C22H40K2O7S. The summed E-state index contributed by atoms with van der Waals surface area (Å²) >= 11 is 0. The fraction of sp³-hybridized carbons (Fsp3) is 0.909. The van der Waals surface area contributed by atoms with E-state index < -0.39 is 39.6 Å². The quantitative estimate of drug-likeness (QED) is 0.0967. The van der Waals surface area contributed by atoms with Crippen molar-refractivity contribution in [2.24, 2.45) is 0 Å². The fourth-order valence-corrected chi connectivity index (χ4v) is 4.69. The maximum Gasteiger partial charge on any atom is 1.00 e. The van der Waals surface area contributed by atoms with Crippen LogP contribution in [0.1, 0.15) is 122 Å². The molecule has 0 spiro atoms. The number of hydrogen-bond acceptors (Lipinski definition) is 6. The van der Waals surface area contributed by atoms with Crippen LogP contribution in [0, 0.1) is 0 Å². The van der Waals surface area contributed by atoms with Crippen molar-refractivity contribution in [1.29, 1.82) is 0 Å². The second-order valence-corrected chi connectivity index (χ2v) is 10.1. The maximum atomic E-state index is 11.5. The summed E-state index contributed by atoms with van der Waals surface area (Å²) in [6.07, 6.45) is 16.0. The van der Waals surface area contributed by atoms with E-state index in [1.165, 1.54) is 64.2 Å². The van der Waals surface area contributed by atoms with Crippen molar-refractivity contribution in [1.82, 2.24) is 0 Å². The first-order valence-electron chi connectivity index (χ1n) is 11.6. The van der Waals surface area contributed by atoms with Crippen LogP contribution in [0.2, 0.25) is 0 Å². The molecule has 0 saturated heterocycles. The summed E-state index contributed by atoms with van der Waals surface area (Å²) < 4.78 is 29.3. The van der Waals surface area contributed by atoms with Crippen LogP contribution in [-0.4, -0.2) is 29.7 Å². The summed E-state index contributed by atoms with van der Waals surface area (Å²) in [5, 5.41) is 22.0. The van der Waals surface area contributed by atoms with Crippen molar-refractivity contribution in [3.8, 4) is 0 Å². The van der Waals surface area contributed by atoms with Crippen molar-refractivity contribution >= 4 is 22.1 Å². The van der Waals surface area contributed by atoms with Gasteiger partial charge in [-0.1, -0.05) is 110 Å². The number of hydrogen-bond donors (Lipinski definition) is 1. The number of carboxylic acid groups (broad SMARTS) is 2. The Morgan fingerprint density at radius 2 is 1.00 bits per heavy atom. The predicted molar refractivity (Wildman–Crippen MR) is 113 cm³/mol. The molecule has 0 rings (SSSR count). The predicted octanol–water partition coefficient (Wildman–Crippen LogP) is -2.84. The molecule has 0 aromatic carbocycles. The maximum absolute atomic E-state index is 11.5. The Morgan fingerprint density at radius 1 is 0.688 bits per heavy atom. The van der Waals surface area contributed by atoms with Crippen LogP contribution in [0.3, 0.4) is 0 Å². The minimum absolute atomic E-state index is 0. The van der Waals surface area contributed by atoms with E-state index in [0.717, 1.165) is 25.7 Å². The van der Waals surface area contributed by atoms with Gasteiger partial charge in [-0.05, 0) is 6.42 Å². The third-order valence-electron chi connectivity index (χ3n) is 5.73. The zero-order valence-corrected chi connectivity index (χ0v) is 27.6. The molecule has 0 aliphatic rings. The molecule has 0 aromatic heterocycles. The number of rotatable bonds is 21. The molecule has 0 saturated carbocycles. The molecular weight excluding hydrogens is 486 g/mol. The van der Waals surface area contributed by atoms with Crippen molar-refractivity contribution in [3.63, 3.8) is 0 Å². The summed E-state index contributed by atoms with van der Waals surface area (Å²) in [5.41, 5.74) is 0. The van der Waals surface area contributed by atoms with E-state index in [9.17, 15) is 32.8 Å². The number of aliphatic carboxylic acids is 2. The summed E-state index contributed by atoms with van der Waals surface area (Å²) in [4.78, 5) is 22.0. The Labute approximate surface area is 280 Å². The van der Waals surface area contributed by atoms with Gasteiger partial charge in [0, 0.05) is 12.4 Å². The topological polar surface area (TPSA) is 135 Å². The number of unbranched alkanes of at least 4 members (excludes halogenated alkanes) is 15. The van der Waals surface area contributed by atoms with Crippen LogP contribution in [-0.2, 0) is 19.7 Å². The SMILES string of the molecule is CCCCCCCCCCCCCCCCCCC(CC(=O)[O-])(C(=O)[O-])S(=O)(=O)O.[K+].[K+]. The van der Waals surface area contributed by atoms with Gasteiger partial charge in [-0.2, -0.15) is 8.42 Å². The molecule has 10 heteroatoms. The van der Waals surface area contributed by atoms with Gasteiger partial charge in [-0.25, -0.2) is 0 Å². The van der Waals surface area contributed by atoms with Gasteiger partial charge in [0.15, 0.2) is 0 Å². The molecule has 0 aliphatic carbocycles. The first kappa shape index (κ1) is 38.6. The van der Waals surface area contributed by atoms with Crippen LogP contribution in [0.5, 0.6) is 0 Å². The average Bonchev–Trinajstić information content (AvgIpc) is 2.65. The van der Waals surface area contributed by atoms with Crippen molar-refractivity contribution in [2.45, 2.75) is 127 Å². The van der Waals surface area contributed by atoms with Gasteiger partial charge in [0.25, 0.3) is 10.1 Å². The standard InChI is InChI=1S/C22H42O7S.2K/c1-2-3-4-5-6-7-8-9-10-11-12-13-14-15-16-17-18-22(21(25)26,19-20(23)24)30(27,28)29;;/h2-19H2,1H3,(H,23,24)(H,25,26)(H,27,28,29);;/q;2*+1/p-2. The van der Waals surface area contributed by atoms with E-state index >= 15 is 0 Å². The van der Waals surface area contributed by atoms with Crippen LogP contribution in [0.15, 0.2) is 0 Å². The molecule has 0 amide bonds. The zero-order valence-electron chi connectivity index (χ0n) is 20.5. The number of carboxylic acids is 2. The molecule has 32 heavy (non-hydrogen) atoms. The molecule has 178 valence electrons. The van der Waals surface area contributed by atoms with E-state index in [0.29, 0.717) is 6.42 Å². The van der Waals surface area contributed by atoms with Crippen molar-refractivity contribution in [3.05, 3.63) is 0 Å². The van der Waals surface area contributed by atoms with Gasteiger partial charge >= 0.3 is 103 Å². The van der Waals surface area contributed by atoms with E-state index in [4.69, 9.17) is 0 Å². The Hall–Kier alpha value is 2.12.